The molecule has 0 spiro atoms. The molecule has 19 heavy (non-hydrogen) atoms. The van der Waals surface area contributed by atoms with Gasteiger partial charge in [-0.3, -0.25) is 4.79 Å². The minimum Gasteiger partial charge on any atom is -0.496 e. The summed E-state index contributed by atoms with van der Waals surface area (Å²) in [6.45, 7) is 3.60. The number of nitrogens with zero attached hydrogens (tertiary/aromatic N) is 1. The van der Waals surface area contributed by atoms with Crippen molar-refractivity contribution in [3.8, 4) is 5.75 Å². The molecule has 4 nitrogen and oxygen atoms in total. The Morgan fingerprint density at radius 1 is 1.37 bits per heavy atom. The number of methoxy groups -OCH3 is 1. The second-order valence-corrected chi connectivity index (χ2v) is 5.06. The van der Waals surface area contributed by atoms with Gasteiger partial charge in [-0.25, -0.2) is 0 Å². The molecule has 104 valence electrons. The van der Waals surface area contributed by atoms with Crippen molar-refractivity contribution in [3.05, 3.63) is 29.3 Å². The Kier molecular flexibility index (Phi) is 4.43. The van der Waals surface area contributed by atoms with Crippen LogP contribution in [0.15, 0.2) is 18.2 Å². The number of rotatable bonds is 3. The monoisotopic (exact) mass is 262 g/mol. The molecule has 0 unspecified atom stereocenters. The highest BCUT2D eigenvalue weighted by molar-refractivity contribution is 5.97. The number of benzene rings is 1. The number of piperidine rings is 1. The summed E-state index contributed by atoms with van der Waals surface area (Å²) in [7, 11) is 3.58. The van der Waals surface area contributed by atoms with Crippen molar-refractivity contribution >= 4 is 5.91 Å². The first-order valence-corrected chi connectivity index (χ1v) is 6.77. The molecule has 0 saturated carbocycles. The van der Waals surface area contributed by atoms with E-state index >= 15 is 0 Å². The van der Waals surface area contributed by atoms with E-state index in [-0.39, 0.29) is 5.91 Å². The molecule has 0 radical (unpaired) electrons. The van der Waals surface area contributed by atoms with Crippen LogP contribution in [0.4, 0.5) is 0 Å². The Morgan fingerprint density at radius 3 is 2.63 bits per heavy atom. The fourth-order valence-electron chi connectivity index (χ4n) is 2.53. The third-order valence-electron chi connectivity index (χ3n) is 3.78. The first-order chi connectivity index (χ1) is 9.15. The fourth-order valence-corrected chi connectivity index (χ4v) is 2.53. The van der Waals surface area contributed by atoms with Gasteiger partial charge in [-0.15, -0.1) is 0 Å². The summed E-state index contributed by atoms with van der Waals surface area (Å²) >= 11 is 0. The molecule has 1 saturated heterocycles. The summed E-state index contributed by atoms with van der Waals surface area (Å²) in [6, 6.07) is 6.26. The van der Waals surface area contributed by atoms with E-state index in [2.05, 4.69) is 5.32 Å². The minimum absolute atomic E-state index is 0.0788. The second kappa shape index (κ2) is 6.06. The number of amides is 1. The molecule has 4 heteroatoms. The van der Waals surface area contributed by atoms with Crippen molar-refractivity contribution in [1.82, 2.24) is 10.2 Å². The van der Waals surface area contributed by atoms with Crippen LogP contribution >= 0.6 is 0 Å². The molecule has 1 amide bonds. The Bertz CT molecular complexity index is 451. The first kappa shape index (κ1) is 13.9. The summed E-state index contributed by atoms with van der Waals surface area (Å²) in [5, 5.41) is 3.27. The quantitative estimate of drug-likeness (QED) is 0.903. The second-order valence-electron chi connectivity index (χ2n) is 5.06. The SMILES string of the molecule is CNC1CCN(C(=O)c2cc(C)ccc2OC)CC1. The number of carbonyl (C=O) groups excluding carboxylic acids is 1. The number of aryl methyl sites for hydroxylation is 1. The van der Waals surface area contributed by atoms with Crippen LogP contribution in [0.1, 0.15) is 28.8 Å². The molecule has 1 N–H and O–H groups in total. The Labute approximate surface area is 114 Å². The average Bonchev–Trinajstić information content (AvgIpc) is 2.46. The predicted octanol–water partition coefficient (Wildman–Crippen LogP) is 1.83. The van der Waals surface area contributed by atoms with Crippen molar-refractivity contribution in [2.75, 3.05) is 27.2 Å². The maximum atomic E-state index is 12.6. The van der Waals surface area contributed by atoms with E-state index < -0.39 is 0 Å². The molecule has 1 aromatic rings. The molecule has 0 atom stereocenters. The van der Waals surface area contributed by atoms with Crippen LogP contribution < -0.4 is 10.1 Å². The third-order valence-corrected chi connectivity index (χ3v) is 3.78. The highest BCUT2D eigenvalue weighted by Crippen LogP contribution is 2.23. The first-order valence-electron chi connectivity index (χ1n) is 6.77. The number of ether oxygens (including phenoxy) is 1. The van der Waals surface area contributed by atoms with Crippen LogP contribution in [0.5, 0.6) is 5.75 Å². The number of nitrogens with one attached hydrogen (secondary N) is 1. The van der Waals surface area contributed by atoms with E-state index in [9.17, 15) is 4.79 Å². The molecule has 0 bridgehead atoms. The van der Waals surface area contributed by atoms with Crippen LogP contribution in [0.2, 0.25) is 0 Å². The van der Waals surface area contributed by atoms with E-state index in [0.29, 0.717) is 17.4 Å². The lowest BCUT2D eigenvalue weighted by Crippen LogP contribution is -2.44. The summed E-state index contributed by atoms with van der Waals surface area (Å²) in [4.78, 5) is 14.5. The summed E-state index contributed by atoms with van der Waals surface area (Å²) in [6.07, 6.45) is 2.02. The van der Waals surface area contributed by atoms with Gasteiger partial charge in [-0.05, 0) is 38.9 Å². The zero-order valence-corrected chi connectivity index (χ0v) is 11.9. The van der Waals surface area contributed by atoms with Gasteiger partial charge < -0.3 is 15.0 Å². The van der Waals surface area contributed by atoms with E-state index in [4.69, 9.17) is 4.74 Å². The van der Waals surface area contributed by atoms with Gasteiger partial charge in [0.05, 0.1) is 12.7 Å². The van der Waals surface area contributed by atoms with Crippen LogP contribution in [-0.2, 0) is 0 Å². The van der Waals surface area contributed by atoms with Gasteiger partial charge in [-0.1, -0.05) is 11.6 Å². The van der Waals surface area contributed by atoms with Crippen LogP contribution in [-0.4, -0.2) is 44.1 Å². The molecule has 1 aliphatic heterocycles. The smallest absolute Gasteiger partial charge is 0.257 e. The predicted molar refractivity (Wildman–Crippen MR) is 75.7 cm³/mol. The van der Waals surface area contributed by atoms with Gasteiger partial charge in [-0.2, -0.15) is 0 Å². The molecule has 1 heterocycles. The van der Waals surface area contributed by atoms with Crippen molar-refractivity contribution < 1.29 is 9.53 Å². The van der Waals surface area contributed by atoms with E-state index in [1.54, 1.807) is 7.11 Å². The van der Waals surface area contributed by atoms with Crippen molar-refractivity contribution in [3.63, 3.8) is 0 Å². The maximum absolute atomic E-state index is 12.6. The topological polar surface area (TPSA) is 41.6 Å². The number of likely N-dealkylation sites (tertiary alicyclic amines) is 1. The maximum Gasteiger partial charge on any atom is 0.257 e. The summed E-state index contributed by atoms with van der Waals surface area (Å²) < 4.78 is 5.29. The van der Waals surface area contributed by atoms with Crippen LogP contribution in [0.25, 0.3) is 0 Å². The van der Waals surface area contributed by atoms with Gasteiger partial charge in [0.2, 0.25) is 0 Å². The molecule has 0 aliphatic carbocycles. The van der Waals surface area contributed by atoms with E-state index in [1.165, 1.54) is 0 Å². The Hall–Kier alpha value is -1.55. The standard InChI is InChI=1S/C15H22N2O2/c1-11-4-5-14(19-3)13(10-11)15(18)17-8-6-12(16-2)7-9-17/h4-5,10,12,16H,6-9H2,1-3H3. The van der Waals surface area contributed by atoms with Crippen molar-refractivity contribution in [2.24, 2.45) is 0 Å². The molecule has 1 aliphatic rings. The Balaban J connectivity index is 2.14. The van der Waals surface area contributed by atoms with Gasteiger partial charge in [0.25, 0.3) is 5.91 Å². The number of hydrogen-bond acceptors (Lipinski definition) is 3. The average molecular weight is 262 g/mol. The molecular weight excluding hydrogens is 240 g/mol. The zero-order chi connectivity index (χ0) is 13.8. The van der Waals surface area contributed by atoms with Crippen molar-refractivity contribution in [2.45, 2.75) is 25.8 Å². The van der Waals surface area contributed by atoms with Gasteiger partial charge >= 0.3 is 0 Å². The Morgan fingerprint density at radius 2 is 2.05 bits per heavy atom. The lowest BCUT2D eigenvalue weighted by atomic mass is 10.0. The van der Waals surface area contributed by atoms with Crippen LogP contribution in [0, 0.1) is 6.92 Å². The summed E-state index contributed by atoms with van der Waals surface area (Å²) in [5.74, 6) is 0.737. The highest BCUT2D eigenvalue weighted by atomic mass is 16.5. The number of carbonyl (C=O) groups is 1. The fraction of sp³-hybridized carbons (Fsp3) is 0.533. The number of hydrogen-bond donors (Lipinski definition) is 1. The van der Waals surface area contributed by atoms with Crippen LogP contribution in [0.3, 0.4) is 0 Å². The normalized spacial score (nSPS) is 16.5. The molecule has 2 rings (SSSR count). The van der Waals surface area contributed by atoms with Gasteiger partial charge in [0, 0.05) is 19.1 Å². The minimum atomic E-state index is 0.0788. The third kappa shape index (κ3) is 3.07. The summed E-state index contributed by atoms with van der Waals surface area (Å²) in [5.41, 5.74) is 1.75. The van der Waals surface area contributed by atoms with E-state index in [1.807, 2.05) is 37.1 Å². The molecule has 1 aromatic carbocycles. The molecular formula is C15H22N2O2. The lowest BCUT2D eigenvalue weighted by molar-refractivity contribution is 0.0704. The van der Waals surface area contributed by atoms with E-state index in [0.717, 1.165) is 31.5 Å². The van der Waals surface area contributed by atoms with Crippen molar-refractivity contribution in [1.29, 1.82) is 0 Å². The lowest BCUT2D eigenvalue weighted by Gasteiger charge is -2.32. The zero-order valence-electron chi connectivity index (χ0n) is 11.9. The highest BCUT2D eigenvalue weighted by Gasteiger charge is 2.24. The van der Waals surface area contributed by atoms with Gasteiger partial charge in [0.15, 0.2) is 0 Å². The largest absolute Gasteiger partial charge is 0.496 e. The molecule has 1 fully saturated rings. The molecule has 0 aromatic heterocycles. The van der Waals surface area contributed by atoms with Gasteiger partial charge in [0.1, 0.15) is 5.75 Å².